The molecule has 0 bridgehead atoms. The van der Waals surface area contributed by atoms with E-state index in [9.17, 15) is 5.11 Å². The van der Waals surface area contributed by atoms with Gasteiger partial charge in [0.25, 0.3) is 0 Å². The number of benzene rings is 1. The molecule has 0 radical (unpaired) electrons. The lowest BCUT2D eigenvalue weighted by Crippen LogP contribution is -2.35. The normalized spacial score (nSPS) is 18.0. The number of likely N-dealkylation sites (tertiary alicyclic amines) is 1. The quantitative estimate of drug-likeness (QED) is 0.891. The van der Waals surface area contributed by atoms with Gasteiger partial charge in [-0.2, -0.15) is 0 Å². The Labute approximate surface area is 146 Å². The molecule has 0 aliphatic carbocycles. The van der Waals surface area contributed by atoms with Gasteiger partial charge in [-0.25, -0.2) is 0 Å². The molecule has 1 atom stereocenters. The topological polar surface area (TPSA) is 36.4 Å². The van der Waals surface area contributed by atoms with Crippen LogP contribution < -0.4 is 0 Å². The number of piperidine rings is 1. The Balaban J connectivity index is 1.57. The van der Waals surface area contributed by atoms with Gasteiger partial charge in [-0.1, -0.05) is 41.4 Å². The van der Waals surface area contributed by atoms with Gasteiger partial charge in [-0.05, 0) is 55.1 Å². The summed E-state index contributed by atoms with van der Waals surface area (Å²) in [6.07, 6.45) is 4.99. The fourth-order valence-corrected chi connectivity index (χ4v) is 3.54. The first kappa shape index (κ1) is 16.7. The molecular formula is C18H20Cl2N2O. The minimum absolute atomic E-state index is 0.283. The van der Waals surface area contributed by atoms with Crippen LogP contribution >= 0.6 is 23.2 Å². The van der Waals surface area contributed by atoms with Crippen molar-refractivity contribution >= 4 is 23.2 Å². The van der Waals surface area contributed by atoms with Crippen molar-refractivity contribution in [1.82, 2.24) is 9.88 Å². The van der Waals surface area contributed by atoms with Crippen molar-refractivity contribution in [1.29, 1.82) is 0 Å². The average molecular weight is 351 g/mol. The number of aliphatic hydroxyl groups is 1. The Kier molecular flexibility index (Phi) is 5.54. The van der Waals surface area contributed by atoms with Crippen molar-refractivity contribution in [2.75, 3.05) is 13.1 Å². The highest BCUT2D eigenvalue weighted by Crippen LogP contribution is 2.32. The first-order valence-corrected chi connectivity index (χ1v) is 8.64. The molecule has 122 valence electrons. The van der Waals surface area contributed by atoms with Crippen LogP contribution in [-0.4, -0.2) is 28.1 Å². The van der Waals surface area contributed by atoms with E-state index < -0.39 is 6.10 Å². The second kappa shape index (κ2) is 7.63. The van der Waals surface area contributed by atoms with Crippen molar-refractivity contribution in [2.45, 2.75) is 25.5 Å². The van der Waals surface area contributed by atoms with Crippen LogP contribution in [-0.2, 0) is 6.54 Å². The van der Waals surface area contributed by atoms with Crippen LogP contribution in [0.1, 0.15) is 30.1 Å². The van der Waals surface area contributed by atoms with Crippen molar-refractivity contribution in [3.63, 3.8) is 0 Å². The summed E-state index contributed by atoms with van der Waals surface area (Å²) in [5.41, 5.74) is 1.97. The molecule has 1 aromatic heterocycles. The number of hydrogen-bond donors (Lipinski definition) is 1. The van der Waals surface area contributed by atoms with Gasteiger partial charge >= 0.3 is 0 Å². The van der Waals surface area contributed by atoms with Crippen molar-refractivity contribution in [2.24, 2.45) is 5.92 Å². The summed E-state index contributed by atoms with van der Waals surface area (Å²) in [5.74, 6) is 0.283. The van der Waals surface area contributed by atoms with Gasteiger partial charge in [0.2, 0.25) is 0 Å². The third-order valence-electron chi connectivity index (χ3n) is 4.53. The molecule has 1 saturated heterocycles. The largest absolute Gasteiger partial charge is 0.388 e. The Morgan fingerprint density at radius 3 is 2.65 bits per heavy atom. The molecule has 1 aliphatic heterocycles. The summed E-state index contributed by atoms with van der Waals surface area (Å²) >= 11 is 12.3. The molecule has 1 aromatic carbocycles. The second-order valence-corrected chi connectivity index (χ2v) is 6.84. The van der Waals surface area contributed by atoms with Gasteiger partial charge in [0.15, 0.2) is 0 Å². The van der Waals surface area contributed by atoms with E-state index >= 15 is 0 Å². The van der Waals surface area contributed by atoms with Crippen molar-refractivity contribution in [3.8, 4) is 0 Å². The Morgan fingerprint density at radius 2 is 1.96 bits per heavy atom. The maximum Gasteiger partial charge on any atom is 0.0833 e. The summed E-state index contributed by atoms with van der Waals surface area (Å²) in [6.45, 7) is 2.70. The van der Waals surface area contributed by atoms with Crippen LogP contribution in [0.5, 0.6) is 0 Å². The minimum Gasteiger partial charge on any atom is -0.388 e. The summed E-state index contributed by atoms with van der Waals surface area (Å²) in [5, 5.41) is 11.8. The SMILES string of the molecule is OC(c1cccnc1)C1CCN(Cc2cccc(Cl)c2Cl)CC1. The second-order valence-electron chi connectivity index (χ2n) is 6.06. The van der Waals surface area contributed by atoms with Crippen molar-refractivity contribution in [3.05, 3.63) is 63.9 Å². The molecule has 2 aromatic rings. The van der Waals surface area contributed by atoms with Gasteiger partial charge in [-0.15, -0.1) is 0 Å². The zero-order chi connectivity index (χ0) is 16.2. The summed E-state index contributed by atoms with van der Waals surface area (Å²) in [4.78, 5) is 6.46. The van der Waals surface area contributed by atoms with Crippen LogP contribution in [0.4, 0.5) is 0 Å². The Bertz CT molecular complexity index is 643. The number of nitrogens with zero attached hydrogens (tertiary/aromatic N) is 2. The van der Waals surface area contributed by atoms with Crippen LogP contribution in [0.3, 0.4) is 0 Å². The fraction of sp³-hybridized carbons (Fsp3) is 0.389. The highest BCUT2D eigenvalue weighted by Gasteiger charge is 2.26. The number of pyridine rings is 1. The van der Waals surface area contributed by atoms with E-state index in [2.05, 4.69) is 9.88 Å². The molecule has 3 rings (SSSR count). The molecule has 1 fully saturated rings. The smallest absolute Gasteiger partial charge is 0.0833 e. The molecule has 1 N–H and O–H groups in total. The predicted octanol–water partition coefficient (Wildman–Crippen LogP) is 4.33. The minimum atomic E-state index is -0.430. The summed E-state index contributed by atoms with van der Waals surface area (Å²) in [6, 6.07) is 9.57. The fourth-order valence-electron chi connectivity index (χ4n) is 3.16. The summed E-state index contributed by atoms with van der Waals surface area (Å²) < 4.78 is 0. The molecule has 0 spiro atoms. The lowest BCUT2D eigenvalue weighted by atomic mass is 9.88. The first-order valence-electron chi connectivity index (χ1n) is 7.88. The van der Waals surface area contributed by atoms with Gasteiger partial charge < -0.3 is 5.11 Å². The standard InChI is InChI=1S/C18H20Cl2N2O/c19-16-5-1-3-15(17(16)20)12-22-9-6-13(7-10-22)18(23)14-4-2-8-21-11-14/h1-5,8,11,13,18,23H,6-7,9-10,12H2. The van der Waals surface area contributed by atoms with E-state index in [1.165, 1.54) is 0 Å². The van der Waals surface area contributed by atoms with Crippen molar-refractivity contribution < 1.29 is 5.11 Å². The van der Waals surface area contributed by atoms with Crippen LogP contribution in [0.2, 0.25) is 10.0 Å². The Morgan fingerprint density at radius 1 is 1.17 bits per heavy atom. The molecule has 0 amide bonds. The molecule has 2 heterocycles. The number of rotatable bonds is 4. The third-order valence-corrected chi connectivity index (χ3v) is 5.39. The van der Waals surface area contributed by atoms with Gasteiger partial charge in [0.1, 0.15) is 0 Å². The molecular weight excluding hydrogens is 331 g/mol. The zero-order valence-electron chi connectivity index (χ0n) is 12.8. The average Bonchev–Trinajstić information content (AvgIpc) is 2.60. The number of halogens is 2. The molecule has 23 heavy (non-hydrogen) atoms. The van der Waals surface area contributed by atoms with Crippen LogP contribution in [0, 0.1) is 5.92 Å². The summed E-state index contributed by atoms with van der Waals surface area (Å²) in [7, 11) is 0. The van der Waals surface area contributed by atoms with Gasteiger partial charge in [0, 0.05) is 18.9 Å². The highest BCUT2D eigenvalue weighted by atomic mass is 35.5. The number of aromatic nitrogens is 1. The molecule has 5 heteroatoms. The molecule has 1 aliphatic rings. The predicted molar refractivity (Wildman–Crippen MR) is 93.7 cm³/mol. The van der Waals surface area contributed by atoms with E-state index in [1.54, 1.807) is 12.4 Å². The molecule has 1 unspecified atom stereocenters. The molecule has 3 nitrogen and oxygen atoms in total. The lowest BCUT2D eigenvalue weighted by Gasteiger charge is -2.34. The lowest BCUT2D eigenvalue weighted by molar-refractivity contribution is 0.0565. The molecule has 0 saturated carbocycles. The third kappa shape index (κ3) is 4.04. The van der Waals surface area contributed by atoms with E-state index in [4.69, 9.17) is 23.2 Å². The Hall–Kier alpha value is -1.13. The highest BCUT2D eigenvalue weighted by molar-refractivity contribution is 6.42. The van der Waals surface area contributed by atoms with Crippen LogP contribution in [0.15, 0.2) is 42.7 Å². The monoisotopic (exact) mass is 350 g/mol. The maximum absolute atomic E-state index is 10.5. The van der Waals surface area contributed by atoms with Crippen LogP contribution in [0.25, 0.3) is 0 Å². The van der Waals surface area contributed by atoms with E-state index in [-0.39, 0.29) is 5.92 Å². The van der Waals surface area contributed by atoms with Gasteiger partial charge in [-0.3, -0.25) is 9.88 Å². The van der Waals surface area contributed by atoms with E-state index in [0.29, 0.717) is 10.0 Å². The van der Waals surface area contributed by atoms with Gasteiger partial charge in [0.05, 0.1) is 16.1 Å². The van der Waals surface area contributed by atoms with E-state index in [1.807, 2.05) is 30.3 Å². The zero-order valence-corrected chi connectivity index (χ0v) is 14.3. The number of hydrogen-bond acceptors (Lipinski definition) is 3. The maximum atomic E-state index is 10.5. The number of aliphatic hydroxyl groups excluding tert-OH is 1. The van der Waals surface area contributed by atoms with E-state index in [0.717, 1.165) is 43.6 Å². The first-order chi connectivity index (χ1) is 11.1.